The lowest BCUT2D eigenvalue weighted by Crippen LogP contribution is -2.07. The van der Waals surface area contributed by atoms with Gasteiger partial charge in [-0.1, -0.05) is 34.9 Å². The number of amides is 1. The summed E-state index contributed by atoms with van der Waals surface area (Å²) >= 11 is 6.05. The number of halogens is 1. The lowest BCUT2D eigenvalue weighted by Gasteiger charge is -2.07. The average molecular weight is 386 g/mol. The Morgan fingerprint density at radius 1 is 1.15 bits per heavy atom. The highest BCUT2D eigenvalue weighted by atomic mass is 35.5. The monoisotopic (exact) mass is 385 g/mol. The SMILES string of the molecule is COc1ccc(OC)c(-c2nnc(NC(=O)/C=C/c3ccccc3Cl)o2)c1. The Labute approximate surface area is 160 Å². The molecule has 2 aromatic carbocycles. The number of nitrogens with zero attached hydrogens (tertiary/aromatic N) is 2. The van der Waals surface area contributed by atoms with Crippen LogP contribution in [0.3, 0.4) is 0 Å². The second-order valence-corrected chi connectivity index (χ2v) is 5.73. The van der Waals surface area contributed by atoms with Crippen molar-refractivity contribution in [2.24, 2.45) is 0 Å². The summed E-state index contributed by atoms with van der Waals surface area (Å²) in [5.74, 6) is 0.909. The van der Waals surface area contributed by atoms with Gasteiger partial charge in [0.2, 0.25) is 0 Å². The molecule has 0 fully saturated rings. The molecule has 0 radical (unpaired) electrons. The van der Waals surface area contributed by atoms with E-state index in [0.717, 1.165) is 5.56 Å². The quantitative estimate of drug-likeness (QED) is 0.644. The van der Waals surface area contributed by atoms with E-state index in [1.165, 1.54) is 13.2 Å². The molecule has 0 saturated carbocycles. The van der Waals surface area contributed by atoms with E-state index in [4.69, 9.17) is 25.5 Å². The van der Waals surface area contributed by atoms with Crippen molar-refractivity contribution < 1.29 is 18.7 Å². The smallest absolute Gasteiger partial charge is 0.322 e. The average Bonchev–Trinajstić information content (AvgIpc) is 3.15. The van der Waals surface area contributed by atoms with Crippen LogP contribution in [0.15, 0.2) is 53.0 Å². The lowest BCUT2D eigenvalue weighted by atomic mass is 10.2. The van der Waals surface area contributed by atoms with Gasteiger partial charge >= 0.3 is 6.01 Å². The maximum Gasteiger partial charge on any atom is 0.322 e. The molecule has 7 nitrogen and oxygen atoms in total. The molecule has 0 saturated heterocycles. The largest absolute Gasteiger partial charge is 0.497 e. The highest BCUT2D eigenvalue weighted by Crippen LogP contribution is 2.33. The second-order valence-electron chi connectivity index (χ2n) is 5.32. The first kappa shape index (κ1) is 18.5. The van der Waals surface area contributed by atoms with Gasteiger partial charge in [-0.15, -0.1) is 5.10 Å². The number of hydrogen-bond donors (Lipinski definition) is 1. The van der Waals surface area contributed by atoms with Gasteiger partial charge < -0.3 is 13.9 Å². The summed E-state index contributed by atoms with van der Waals surface area (Å²) in [6.07, 6.45) is 2.93. The number of aromatic nitrogens is 2. The fourth-order valence-electron chi connectivity index (χ4n) is 2.29. The highest BCUT2D eigenvalue weighted by molar-refractivity contribution is 6.32. The highest BCUT2D eigenvalue weighted by Gasteiger charge is 2.15. The molecule has 1 amide bonds. The summed E-state index contributed by atoms with van der Waals surface area (Å²) in [6.45, 7) is 0. The summed E-state index contributed by atoms with van der Waals surface area (Å²) < 4.78 is 16.0. The molecule has 8 heteroatoms. The van der Waals surface area contributed by atoms with Gasteiger partial charge in [-0.2, -0.15) is 0 Å². The Kier molecular flexibility index (Phi) is 5.73. The van der Waals surface area contributed by atoms with Crippen molar-refractivity contribution in [2.75, 3.05) is 19.5 Å². The number of rotatable bonds is 6. The number of nitrogens with one attached hydrogen (secondary N) is 1. The van der Waals surface area contributed by atoms with Crippen LogP contribution < -0.4 is 14.8 Å². The first-order valence-corrected chi connectivity index (χ1v) is 8.28. The van der Waals surface area contributed by atoms with Gasteiger partial charge in [0.1, 0.15) is 11.5 Å². The maximum absolute atomic E-state index is 12.1. The summed E-state index contributed by atoms with van der Waals surface area (Å²) in [7, 11) is 3.08. The Morgan fingerprint density at radius 2 is 1.96 bits per heavy atom. The van der Waals surface area contributed by atoms with Crippen LogP contribution in [0, 0.1) is 0 Å². The number of methoxy groups -OCH3 is 2. The molecule has 0 aliphatic heterocycles. The third-order valence-corrected chi connectivity index (χ3v) is 3.96. The standard InChI is InChI=1S/C19H16ClN3O4/c1-25-13-8-9-16(26-2)14(11-13)18-22-23-19(27-18)21-17(24)10-7-12-5-3-4-6-15(12)20/h3-11H,1-2H3,(H,21,23,24)/b10-7+. The van der Waals surface area contributed by atoms with Crippen LogP contribution in [0.1, 0.15) is 5.56 Å². The van der Waals surface area contributed by atoms with Crippen molar-refractivity contribution in [3.8, 4) is 23.0 Å². The summed E-state index contributed by atoms with van der Waals surface area (Å²) in [5.41, 5.74) is 1.28. The molecule has 0 spiro atoms. The Bertz CT molecular complexity index is 985. The Balaban J connectivity index is 1.75. The van der Waals surface area contributed by atoms with Crippen molar-refractivity contribution >= 4 is 29.6 Å². The molecule has 0 unspecified atom stereocenters. The van der Waals surface area contributed by atoms with Crippen LogP contribution in [-0.2, 0) is 4.79 Å². The minimum Gasteiger partial charge on any atom is -0.497 e. The third-order valence-electron chi connectivity index (χ3n) is 3.61. The van der Waals surface area contributed by atoms with E-state index < -0.39 is 5.91 Å². The van der Waals surface area contributed by atoms with Crippen molar-refractivity contribution in [2.45, 2.75) is 0 Å². The van der Waals surface area contributed by atoms with Gasteiger partial charge in [0, 0.05) is 11.1 Å². The molecule has 3 aromatic rings. The van der Waals surface area contributed by atoms with Gasteiger partial charge in [0.15, 0.2) is 0 Å². The van der Waals surface area contributed by atoms with Crippen LogP contribution in [0.25, 0.3) is 17.5 Å². The zero-order valence-electron chi connectivity index (χ0n) is 14.6. The Hall–Kier alpha value is -3.32. The van der Waals surface area contributed by atoms with Crippen molar-refractivity contribution in [1.82, 2.24) is 10.2 Å². The normalized spacial score (nSPS) is 10.8. The number of hydrogen-bond acceptors (Lipinski definition) is 6. The zero-order valence-corrected chi connectivity index (χ0v) is 15.4. The molecule has 27 heavy (non-hydrogen) atoms. The van der Waals surface area contributed by atoms with Crippen molar-refractivity contribution in [3.63, 3.8) is 0 Å². The predicted molar refractivity (Wildman–Crippen MR) is 102 cm³/mol. The van der Waals surface area contributed by atoms with E-state index in [0.29, 0.717) is 22.1 Å². The number of ether oxygens (including phenoxy) is 2. The molecule has 0 aliphatic carbocycles. The van der Waals surface area contributed by atoms with E-state index in [-0.39, 0.29) is 11.9 Å². The number of benzene rings is 2. The minimum atomic E-state index is -0.428. The summed E-state index contributed by atoms with van der Waals surface area (Å²) in [6, 6.07) is 12.3. The second kappa shape index (κ2) is 8.37. The fraction of sp³-hybridized carbons (Fsp3) is 0.105. The first-order chi connectivity index (χ1) is 13.1. The molecule has 1 heterocycles. The molecule has 3 rings (SSSR count). The molecule has 138 valence electrons. The van der Waals surface area contributed by atoms with E-state index in [1.54, 1.807) is 43.5 Å². The van der Waals surface area contributed by atoms with Gasteiger partial charge in [-0.25, -0.2) is 0 Å². The summed E-state index contributed by atoms with van der Waals surface area (Å²) in [4.78, 5) is 12.1. The molecular weight excluding hydrogens is 370 g/mol. The molecule has 0 aliphatic rings. The predicted octanol–water partition coefficient (Wildman–Crippen LogP) is 4.06. The molecule has 1 aromatic heterocycles. The number of carbonyl (C=O) groups excluding carboxylic acids is 1. The van der Waals surface area contributed by atoms with Gasteiger partial charge in [0.05, 0.1) is 19.8 Å². The number of carbonyl (C=O) groups is 1. The molecule has 1 N–H and O–H groups in total. The molecule has 0 atom stereocenters. The van der Waals surface area contributed by atoms with Gasteiger partial charge in [-0.3, -0.25) is 10.1 Å². The minimum absolute atomic E-state index is 0.0383. The maximum atomic E-state index is 12.1. The Morgan fingerprint density at radius 3 is 2.70 bits per heavy atom. The van der Waals surface area contributed by atoms with Gasteiger partial charge in [0.25, 0.3) is 11.8 Å². The summed E-state index contributed by atoms with van der Waals surface area (Å²) in [5, 5.41) is 10.8. The van der Waals surface area contributed by atoms with E-state index in [2.05, 4.69) is 15.5 Å². The lowest BCUT2D eigenvalue weighted by molar-refractivity contribution is -0.112. The molecular formula is C19H16ClN3O4. The number of anilines is 1. The fourth-order valence-corrected chi connectivity index (χ4v) is 2.49. The van der Waals surface area contributed by atoms with Crippen LogP contribution in [0.4, 0.5) is 6.01 Å². The van der Waals surface area contributed by atoms with E-state index in [1.807, 2.05) is 12.1 Å². The zero-order chi connectivity index (χ0) is 19.2. The molecule has 0 bridgehead atoms. The van der Waals surface area contributed by atoms with Gasteiger partial charge in [-0.05, 0) is 35.9 Å². The first-order valence-electron chi connectivity index (χ1n) is 7.90. The van der Waals surface area contributed by atoms with Crippen LogP contribution in [0.5, 0.6) is 11.5 Å². The van der Waals surface area contributed by atoms with E-state index in [9.17, 15) is 4.79 Å². The van der Waals surface area contributed by atoms with Crippen LogP contribution >= 0.6 is 11.6 Å². The topological polar surface area (TPSA) is 86.5 Å². The van der Waals surface area contributed by atoms with Crippen LogP contribution in [0.2, 0.25) is 5.02 Å². The van der Waals surface area contributed by atoms with Crippen molar-refractivity contribution in [1.29, 1.82) is 0 Å². The van der Waals surface area contributed by atoms with Crippen LogP contribution in [-0.4, -0.2) is 30.3 Å². The van der Waals surface area contributed by atoms with E-state index >= 15 is 0 Å². The van der Waals surface area contributed by atoms with Crippen molar-refractivity contribution in [3.05, 3.63) is 59.1 Å². The third kappa shape index (κ3) is 4.45.